The van der Waals surface area contributed by atoms with E-state index in [-0.39, 0.29) is 42.8 Å². The quantitative estimate of drug-likeness (QED) is 0.735. The fraction of sp³-hybridized carbons (Fsp3) is 0.833. The van der Waals surface area contributed by atoms with E-state index in [1.54, 1.807) is 6.92 Å². The molecule has 2 heterocycles. The number of hydrogen-bond donors (Lipinski definition) is 0. The Hall–Kier alpha value is -1.00. The molecule has 1 aromatic heterocycles. The van der Waals surface area contributed by atoms with Crippen LogP contribution in [-0.4, -0.2) is 54.6 Å². The minimum atomic E-state index is -3.70. The molecule has 1 aliphatic heterocycles. The second kappa shape index (κ2) is 6.25. The smallest absolute Gasteiger partial charge is 0.241 e. The van der Waals surface area contributed by atoms with Crippen LogP contribution in [0.2, 0.25) is 0 Å². The van der Waals surface area contributed by atoms with Gasteiger partial charge in [0.15, 0.2) is 15.7 Å². The van der Waals surface area contributed by atoms with Crippen molar-refractivity contribution in [2.75, 3.05) is 18.1 Å². The first kappa shape index (κ1) is 17.4. The van der Waals surface area contributed by atoms with Gasteiger partial charge in [0, 0.05) is 12.5 Å². The molecule has 0 unspecified atom stereocenters. The number of rotatable bonds is 6. The Kier molecular flexibility index (Phi) is 4.93. The molecule has 22 heavy (non-hydrogen) atoms. The van der Waals surface area contributed by atoms with Crippen LogP contribution in [0.25, 0.3) is 0 Å². The van der Waals surface area contributed by atoms with Crippen LogP contribution in [0.1, 0.15) is 44.8 Å². The van der Waals surface area contributed by atoms with Crippen LogP contribution in [0.15, 0.2) is 4.52 Å². The van der Waals surface area contributed by atoms with Crippen molar-refractivity contribution >= 4 is 19.9 Å². The normalized spacial score (nSPS) is 21.8. The second-order valence-electron chi connectivity index (χ2n) is 5.70. The molecule has 126 valence electrons. The van der Waals surface area contributed by atoms with Crippen LogP contribution < -0.4 is 0 Å². The molecule has 0 amide bonds. The highest BCUT2D eigenvalue weighted by Gasteiger charge is 2.40. The van der Waals surface area contributed by atoms with Gasteiger partial charge in [-0.05, 0) is 6.42 Å². The monoisotopic (exact) mass is 351 g/mol. The van der Waals surface area contributed by atoms with Crippen LogP contribution in [0, 0.1) is 0 Å². The summed E-state index contributed by atoms with van der Waals surface area (Å²) in [5, 5.41) is 2.92. The van der Waals surface area contributed by atoms with Gasteiger partial charge >= 0.3 is 0 Å². The molecule has 0 radical (unpaired) electrons. The van der Waals surface area contributed by atoms with Crippen LogP contribution >= 0.6 is 0 Å². The van der Waals surface area contributed by atoms with Crippen molar-refractivity contribution in [2.24, 2.45) is 0 Å². The highest BCUT2D eigenvalue weighted by atomic mass is 32.2. The van der Waals surface area contributed by atoms with Crippen molar-refractivity contribution in [3.8, 4) is 0 Å². The summed E-state index contributed by atoms with van der Waals surface area (Å²) in [5.41, 5.74) is 0. The van der Waals surface area contributed by atoms with Gasteiger partial charge in [-0.15, -0.1) is 0 Å². The Morgan fingerprint density at radius 2 is 2.09 bits per heavy atom. The van der Waals surface area contributed by atoms with Gasteiger partial charge in [-0.25, -0.2) is 16.8 Å². The summed E-state index contributed by atoms with van der Waals surface area (Å²) in [6.07, 6.45) is 0.141. The number of sulfone groups is 1. The summed E-state index contributed by atoms with van der Waals surface area (Å²) < 4.78 is 54.4. The predicted octanol–water partition coefficient (Wildman–Crippen LogP) is 0.532. The number of aromatic nitrogens is 2. The molecule has 8 nitrogen and oxygen atoms in total. The molecule has 0 bridgehead atoms. The standard InChI is InChI=1S/C12H21N3O5S2/c1-4-15(7-11-13-12(9(2)3)14-20-11)22(18,19)10-5-6-21(16,17)8-10/h9-10H,4-8H2,1-3H3/t10-/m0/s1. The fourth-order valence-corrected chi connectivity index (χ4v) is 6.80. The Bertz CT molecular complexity index is 724. The first-order valence-electron chi connectivity index (χ1n) is 7.17. The van der Waals surface area contributed by atoms with Gasteiger partial charge in [-0.2, -0.15) is 9.29 Å². The Labute approximate surface area is 130 Å². The Morgan fingerprint density at radius 3 is 2.55 bits per heavy atom. The van der Waals surface area contributed by atoms with Crippen LogP contribution in [0.3, 0.4) is 0 Å². The molecule has 0 aliphatic carbocycles. The van der Waals surface area contributed by atoms with E-state index in [1.165, 1.54) is 4.31 Å². The summed E-state index contributed by atoms with van der Waals surface area (Å²) in [4.78, 5) is 4.16. The zero-order valence-electron chi connectivity index (χ0n) is 12.9. The lowest BCUT2D eigenvalue weighted by atomic mass is 10.2. The maximum Gasteiger partial charge on any atom is 0.241 e. The van der Waals surface area contributed by atoms with Crippen LogP contribution in [0.5, 0.6) is 0 Å². The first-order valence-corrected chi connectivity index (χ1v) is 10.5. The zero-order valence-corrected chi connectivity index (χ0v) is 14.5. The molecule has 1 aliphatic rings. The number of nitrogens with zero attached hydrogens (tertiary/aromatic N) is 3. The van der Waals surface area contributed by atoms with Gasteiger partial charge in [0.1, 0.15) is 0 Å². The second-order valence-corrected chi connectivity index (χ2v) is 10.1. The average Bonchev–Trinajstić information content (AvgIpc) is 3.02. The molecule has 1 aromatic rings. The first-order chi connectivity index (χ1) is 10.2. The average molecular weight is 351 g/mol. The SMILES string of the molecule is CCN(Cc1nc(C(C)C)no1)S(=O)(=O)[C@H]1CCS(=O)(=O)C1. The van der Waals surface area contributed by atoms with Crippen LogP contribution in [0.4, 0.5) is 0 Å². The van der Waals surface area contributed by atoms with Crippen molar-refractivity contribution < 1.29 is 21.4 Å². The largest absolute Gasteiger partial charge is 0.338 e. The van der Waals surface area contributed by atoms with Crippen molar-refractivity contribution in [3.05, 3.63) is 11.7 Å². The van der Waals surface area contributed by atoms with Crippen molar-refractivity contribution in [1.29, 1.82) is 0 Å². The molecule has 1 atom stereocenters. The van der Waals surface area contributed by atoms with Crippen molar-refractivity contribution in [3.63, 3.8) is 0 Å². The van der Waals surface area contributed by atoms with E-state index in [1.807, 2.05) is 13.8 Å². The van der Waals surface area contributed by atoms with Gasteiger partial charge < -0.3 is 4.52 Å². The third kappa shape index (κ3) is 3.66. The molecular formula is C12H21N3O5S2. The topological polar surface area (TPSA) is 110 Å². The van der Waals surface area contributed by atoms with Crippen molar-refractivity contribution in [1.82, 2.24) is 14.4 Å². The van der Waals surface area contributed by atoms with Gasteiger partial charge in [0.2, 0.25) is 15.9 Å². The molecule has 10 heteroatoms. The van der Waals surface area contributed by atoms with Crippen LogP contribution in [-0.2, 0) is 26.4 Å². The summed E-state index contributed by atoms with van der Waals surface area (Å²) >= 11 is 0. The molecule has 0 N–H and O–H groups in total. The minimum absolute atomic E-state index is 0.0326. The Morgan fingerprint density at radius 1 is 1.41 bits per heavy atom. The summed E-state index contributed by atoms with van der Waals surface area (Å²) in [5.74, 6) is 0.436. The molecule has 2 rings (SSSR count). The summed E-state index contributed by atoms with van der Waals surface area (Å²) in [7, 11) is -6.96. The highest BCUT2D eigenvalue weighted by molar-refractivity contribution is 7.95. The lowest BCUT2D eigenvalue weighted by Crippen LogP contribution is -2.39. The number of sulfonamides is 1. The van der Waals surface area contributed by atoms with Gasteiger partial charge in [0.25, 0.3) is 0 Å². The summed E-state index contributed by atoms with van der Waals surface area (Å²) in [6, 6.07) is 0. The molecule has 0 spiro atoms. The van der Waals surface area contributed by atoms with Crippen molar-refractivity contribution in [2.45, 2.75) is 44.9 Å². The molecule has 1 saturated heterocycles. The van der Waals surface area contributed by atoms with E-state index < -0.39 is 25.1 Å². The minimum Gasteiger partial charge on any atom is -0.338 e. The predicted molar refractivity (Wildman–Crippen MR) is 80.4 cm³/mol. The van der Waals surface area contributed by atoms with E-state index in [0.717, 1.165) is 0 Å². The maximum atomic E-state index is 12.6. The third-order valence-electron chi connectivity index (χ3n) is 3.64. The van der Waals surface area contributed by atoms with E-state index in [2.05, 4.69) is 10.1 Å². The van der Waals surface area contributed by atoms with Gasteiger partial charge in [-0.3, -0.25) is 0 Å². The lowest BCUT2D eigenvalue weighted by molar-refractivity contribution is 0.317. The molecular weight excluding hydrogens is 330 g/mol. The van der Waals surface area contributed by atoms with E-state index in [9.17, 15) is 16.8 Å². The van der Waals surface area contributed by atoms with Gasteiger partial charge in [-0.1, -0.05) is 25.9 Å². The third-order valence-corrected chi connectivity index (χ3v) is 7.97. The van der Waals surface area contributed by atoms with Gasteiger partial charge in [0.05, 0.1) is 23.3 Å². The zero-order chi connectivity index (χ0) is 16.5. The molecule has 0 saturated carbocycles. The highest BCUT2D eigenvalue weighted by Crippen LogP contribution is 2.23. The van der Waals surface area contributed by atoms with E-state index in [0.29, 0.717) is 5.82 Å². The lowest BCUT2D eigenvalue weighted by Gasteiger charge is -2.22. The molecule has 1 fully saturated rings. The van der Waals surface area contributed by atoms with E-state index in [4.69, 9.17) is 4.52 Å². The Balaban J connectivity index is 2.16. The summed E-state index contributed by atoms with van der Waals surface area (Å²) in [6.45, 7) is 5.70. The molecule has 0 aromatic carbocycles. The number of hydrogen-bond acceptors (Lipinski definition) is 7. The maximum absolute atomic E-state index is 12.6. The fourth-order valence-electron chi connectivity index (χ4n) is 2.31. The van der Waals surface area contributed by atoms with E-state index >= 15 is 0 Å².